The quantitative estimate of drug-likeness (QED) is 0.317. The fourth-order valence-electron chi connectivity index (χ4n) is 4.86. The molecule has 4 unspecified atom stereocenters. The summed E-state index contributed by atoms with van der Waals surface area (Å²) in [4.78, 5) is 0.103. The van der Waals surface area contributed by atoms with Crippen molar-refractivity contribution in [1.82, 2.24) is 14.6 Å². The molecule has 3 N–H and O–H groups in total. The molecule has 0 spiro atoms. The molecule has 3 aromatic carbocycles. The molecule has 13 heteroatoms. The van der Waals surface area contributed by atoms with E-state index < -0.39 is 51.8 Å². The molecular formula is C25H23F5N4O3S. The third-order valence-electron chi connectivity index (χ3n) is 6.53. The number of nitrogens with zero attached hydrogens (tertiary/aromatic N) is 2. The van der Waals surface area contributed by atoms with Crippen molar-refractivity contribution in [3.63, 3.8) is 0 Å². The predicted molar refractivity (Wildman–Crippen MR) is 132 cm³/mol. The van der Waals surface area contributed by atoms with Crippen LogP contribution in [-0.4, -0.2) is 52.5 Å². The molecule has 1 aliphatic heterocycles. The number of hydrogen-bond donors (Lipinski definition) is 3. The summed E-state index contributed by atoms with van der Waals surface area (Å²) >= 11 is 0. The number of fused-ring (bicyclic) bond motifs is 3. The third-order valence-corrected chi connectivity index (χ3v) is 8.57. The number of aliphatic hydroxyl groups excluding tert-OH is 1. The summed E-state index contributed by atoms with van der Waals surface area (Å²) < 4.78 is 91.8. The molecule has 0 aliphatic carbocycles. The molecular weight excluding hydrogens is 531 g/mol. The predicted octanol–water partition coefficient (Wildman–Crippen LogP) is 4.51. The number of alkyl halides is 3. The zero-order chi connectivity index (χ0) is 27.2. The lowest BCUT2D eigenvalue weighted by Gasteiger charge is -2.37. The summed E-state index contributed by atoms with van der Waals surface area (Å²) in [5.74, 6) is -1.45. The fourth-order valence-corrected chi connectivity index (χ4v) is 6.45. The number of ether oxygens (including phenoxy) is 1. The van der Waals surface area contributed by atoms with Crippen LogP contribution in [0.25, 0.3) is 21.8 Å². The Balaban J connectivity index is 1.48. The Bertz CT molecular complexity index is 1550. The molecule has 202 valence electrons. The van der Waals surface area contributed by atoms with Gasteiger partial charge in [0.25, 0.3) is 0 Å². The topological polar surface area (TPSA) is 87.9 Å². The van der Waals surface area contributed by atoms with E-state index in [4.69, 9.17) is 0 Å². The molecule has 2 heterocycles. The van der Waals surface area contributed by atoms with Gasteiger partial charge in [0, 0.05) is 41.9 Å². The van der Waals surface area contributed by atoms with Gasteiger partial charge in [0.2, 0.25) is 0 Å². The number of nitrogens with one attached hydrogen (secondary N) is 2. The second kappa shape index (κ2) is 9.80. The Morgan fingerprint density at radius 3 is 2.11 bits per heavy atom. The number of halogens is 5. The highest BCUT2D eigenvalue weighted by molar-refractivity contribution is 7.91. The Hall–Kier alpha value is -3.26. The number of benzene rings is 3. The molecule has 0 bridgehead atoms. The van der Waals surface area contributed by atoms with E-state index in [0.717, 1.165) is 12.1 Å². The Labute approximate surface area is 214 Å². The molecule has 1 aliphatic rings. The van der Waals surface area contributed by atoms with Gasteiger partial charge in [-0.25, -0.2) is 22.1 Å². The summed E-state index contributed by atoms with van der Waals surface area (Å²) in [6, 6.07) is 11.3. The highest BCUT2D eigenvalue weighted by Crippen LogP contribution is 2.35. The molecule has 1 aromatic heterocycles. The minimum Gasteiger partial charge on any atom is -0.406 e. The maximum Gasteiger partial charge on any atom is 0.573 e. The van der Waals surface area contributed by atoms with Crippen molar-refractivity contribution in [3.05, 3.63) is 72.3 Å². The minimum atomic E-state index is -4.87. The number of aliphatic hydroxyl groups is 1. The second-order valence-corrected chi connectivity index (χ2v) is 11.0. The van der Waals surface area contributed by atoms with Crippen LogP contribution >= 0.6 is 0 Å². The van der Waals surface area contributed by atoms with Crippen LogP contribution in [0.4, 0.5) is 22.0 Å². The zero-order valence-electron chi connectivity index (χ0n) is 19.9. The van der Waals surface area contributed by atoms with Gasteiger partial charge >= 0.3 is 6.36 Å². The van der Waals surface area contributed by atoms with E-state index in [9.17, 15) is 31.3 Å². The van der Waals surface area contributed by atoms with Crippen LogP contribution in [0.15, 0.2) is 69.9 Å². The lowest BCUT2D eigenvalue weighted by atomic mass is 9.99. The van der Waals surface area contributed by atoms with Crippen LogP contribution in [0.1, 0.15) is 6.04 Å². The molecule has 7 nitrogen and oxygen atoms in total. The number of rotatable bonds is 5. The van der Waals surface area contributed by atoms with Gasteiger partial charge in [-0.1, -0.05) is 0 Å². The van der Waals surface area contributed by atoms with Gasteiger partial charge in [0.1, 0.15) is 27.3 Å². The largest absolute Gasteiger partial charge is 0.573 e. The Kier molecular flexibility index (Phi) is 6.80. The smallest absolute Gasteiger partial charge is 0.406 e. The van der Waals surface area contributed by atoms with Crippen LogP contribution < -0.4 is 14.8 Å². The van der Waals surface area contributed by atoms with E-state index in [1.54, 1.807) is 16.7 Å². The molecule has 0 radical (unpaired) electrons. The van der Waals surface area contributed by atoms with Crippen LogP contribution in [0, 0.1) is 11.6 Å². The van der Waals surface area contributed by atoms with E-state index in [-0.39, 0.29) is 11.4 Å². The second-order valence-electron chi connectivity index (χ2n) is 8.86. The third kappa shape index (κ3) is 4.94. The minimum absolute atomic E-state index is 0.103. The average Bonchev–Trinajstić information content (AvgIpc) is 3.17. The van der Waals surface area contributed by atoms with Crippen molar-refractivity contribution in [3.8, 4) is 5.75 Å². The summed E-state index contributed by atoms with van der Waals surface area (Å²) in [6.45, 7) is 0.515. The average molecular weight is 555 g/mol. The van der Waals surface area contributed by atoms with E-state index in [1.165, 1.54) is 43.4 Å². The zero-order valence-corrected chi connectivity index (χ0v) is 20.7. The van der Waals surface area contributed by atoms with Crippen LogP contribution in [0.5, 0.6) is 5.75 Å². The number of piperidine rings is 1. The Morgan fingerprint density at radius 1 is 1.00 bits per heavy atom. The van der Waals surface area contributed by atoms with Gasteiger partial charge in [-0.2, -0.15) is 0 Å². The van der Waals surface area contributed by atoms with E-state index in [0.29, 0.717) is 28.4 Å². The number of hydrogen-bond acceptors (Lipinski definition) is 5. The molecule has 1 fully saturated rings. The standard InChI is InChI=1S/C25H23F5N4O3S/c1-31-38(36,17-6-4-16(5-7-17)37-25(28,29)30)33-20-12-32-13-23(24(20)35)34-21-8-2-14(26)10-18(21)19-11-15(27)3-9-22(19)34/h2-11,20,23-24,32,35H,12-13H2,1H3,(H,31,33,36). The van der Waals surface area contributed by atoms with Gasteiger partial charge in [-0.3, -0.25) is 0 Å². The monoisotopic (exact) mass is 554 g/mol. The lowest BCUT2D eigenvalue weighted by Crippen LogP contribution is -2.58. The molecule has 1 saturated heterocycles. The number of aromatic nitrogens is 1. The molecule has 0 amide bonds. The molecule has 38 heavy (non-hydrogen) atoms. The fraction of sp³-hybridized carbons (Fsp3) is 0.280. The van der Waals surface area contributed by atoms with E-state index >= 15 is 0 Å². The van der Waals surface area contributed by atoms with Crippen molar-refractivity contribution in [2.24, 2.45) is 4.36 Å². The first kappa shape index (κ1) is 26.4. The maximum atomic E-state index is 14.1. The van der Waals surface area contributed by atoms with E-state index in [2.05, 4.69) is 19.1 Å². The van der Waals surface area contributed by atoms with Crippen molar-refractivity contribution < 1.29 is 36.0 Å². The molecule has 5 rings (SSSR count). The van der Waals surface area contributed by atoms with Gasteiger partial charge in [-0.15, -0.1) is 13.2 Å². The Morgan fingerprint density at radius 2 is 1.58 bits per heavy atom. The lowest BCUT2D eigenvalue weighted by molar-refractivity contribution is -0.274. The molecule has 4 atom stereocenters. The van der Waals surface area contributed by atoms with Crippen LogP contribution in [0.3, 0.4) is 0 Å². The first-order chi connectivity index (χ1) is 18.0. The molecule has 0 saturated carbocycles. The van der Waals surface area contributed by atoms with Gasteiger partial charge in [0.05, 0.1) is 23.1 Å². The normalized spacial score (nSPS) is 21.9. The van der Waals surface area contributed by atoms with Crippen molar-refractivity contribution >= 4 is 31.7 Å². The van der Waals surface area contributed by atoms with Crippen LogP contribution in [0.2, 0.25) is 0 Å². The van der Waals surface area contributed by atoms with Gasteiger partial charge < -0.3 is 19.7 Å². The highest BCUT2D eigenvalue weighted by Gasteiger charge is 2.37. The summed E-state index contributed by atoms with van der Waals surface area (Å²) in [5.41, 5.74) is 1.17. The summed E-state index contributed by atoms with van der Waals surface area (Å²) in [7, 11) is -2.06. The molecule has 4 aromatic rings. The SMILES string of the molecule is CN=S(=O)(NC1CNCC(n2c3ccc(F)cc3c3cc(F)ccc32)C1O)c1ccc(OC(F)(F)F)cc1. The van der Waals surface area contributed by atoms with E-state index in [1.807, 2.05) is 0 Å². The first-order valence-electron chi connectivity index (χ1n) is 11.5. The van der Waals surface area contributed by atoms with Crippen molar-refractivity contribution in [2.45, 2.75) is 29.4 Å². The summed E-state index contributed by atoms with van der Waals surface area (Å²) in [5, 5.41) is 15.6. The maximum absolute atomic E-state index is 14.1. The summed E-state index contributed by atoms with van der Waals surface area (Å²) in [6.07, 6.45) is -5.99. The van der Waals surface area contributed by atoms with Crippen molar-refractivity contribution in [1.29, 1.82) is 0 Å². The van der Waals surface area contributed by atoms with Gasteiger partial charge in [0.15, 0.2) is 0 Å². The van der Waals surface area contributed by atoms with Crippen LogP contribution in [-0.2, 0) is 9.92 Å². The first-order valence-corrected chi connectivity index (χ1v) is 13.1. The highest BCUT2D eigenvalue weighted by atomic mass is 32.2. The van der Waals surface area contributed by atoms with Gasteiger partial charge in [-0.05, 0) is 60.7 Å². The van der Waals surface area contributed by atoms with Crippen molar-refractivity contribution in [2.75, 3.05) is 20.1 Å².